The summed E-state index contributed by atoms with van der Waals surface area (Å²) in [4.78, 5) is 4.59. The van der Waals surface area contributed by atoms with Crippen LogP contribution in [-0.2, 0) is 0 Å². The number of nitrogens with zero attached hydrogens (tertiary/aromatic N) is 1. The number of aryl methyl sites for hydroxylation is 2. The second kappa shape index (κ2) is 6.62. The molecule has 20 heavy (non-hydrogen) atoms. The molecule has 1 N–H and O–H groups in total. The van der Waals surface area contributed by atoms with Crippen molar-refractivity contribution in [3.8, 4) is 0 Å². The summed E-state index contributed by atoms with van der Waals surface area (Å²) in [7, 11) is 0. The fourth-order valence-corrected chi connectivity index (χ4v) is 2.31. The van der Waals surface area contributed by atoms with Crippen molar-refractivity contribution in [3.05, 3.63) is 64.7 Å². The first-order valence-corrected chi connectivity index (χ1v) is 7.04. The lowest BCUT2D eigenvalue weighted by Crippen LogP contribution is -2.25. The number of hydrogen-bond donors (Lipinski definition) is 1. The van der Waals surface area contributed by atoms with Crippen molar-refractivity contribution in [1.82, 2.24) is 10.3 Å². The van der Waals surface area contributed by atoms with Crippen molar-refractivity contribution in [1.29, 1.82) is 0 Å². The van der Waals surface area contributed by atoms with Crippen LogP contribution < -0.4 is 5.32 Å². The third-order valence-electron chi connectivity index (χ3n) is 3.36. The normalized spacial score (nSPS) is 12.4. The number of hydrogen-bond acceptors (Lipinski definition) is 2. The summed E-state index contributed by atoms with van der Waals surface area (Å²) < 4.78 is 13.6. The van der Waals surface area contributed by atoms with Gasteiger partial charge in [0.15, 0.2) is 0 Å². The first-order valence-electron chi connectivity index (χ1n) is 7.04. The molecule has 1 aromatic carbocycles. The molecule has 0 saturated heterocycles. The average Bonchev–Trinajstić information content (AvgIpc) is 2.43. The summed E-state index contributed by atoms with van der Waals surface area (Å²) in [5.41, 5.74) is 3.94. The molecule has 2 rings (SSSR count). The van der Waals surface area contributed by atoms with Crippen molar-refractivity contribution in [3.63, 3.8) is 0 Å². The molecule has 0 saturated carbocycles. The minimum Gasteiger partial charge on any atom is -0.305 e. The minimum absolute atomic E-state index is 0.0643. The van der Waals surface area contributed by atoms with Crippen LogP contribution in [0.4, 0.5) is 4.39 Å². The Morgan fingerprint density at radius 1 is 1.20 bits per heavy atom. The highest BCUT2D eigenvalue weighted by atomic mass is 19.1. The van der Waals surface area contributed by atoms with E-state index in [4.69, 9.17) is 0 Å². The maximum absolute atomic E-state index is 13.6. The van der Waals surface area contributed by atoms with Gasteiger partial charge in [0, 0.05) is 5.69 Å². The van der Waals surface area contributed by atoms with Gasteiger partial charge in [0.05, 0.1) is 11.7 Å². The van der Waals surface area contributed by atoms with E-state index in [1.54, 1.807) is 6.07 Å². The largest absolute Gasteiger partial charge is 0.305 e. The van der Waals surface area contributed by atoms with Crippen LogP contribution in [0.3, 0.4) is 0 Å². The molecule has 2 aromatic rings. The molecule has 1 heterocycles. The standard InChI is InChI=1S/C17H21FN2/c1-4-10-19-17(16-7-5-6-13(3)20-16)15-11-14(18)9-8-12(15)2/h5-9,11,17,19H,4,10H2,1-3H3. The Hall–Kier alpha value is -1.74. The van der Waals surface area contributed by atoms with Crippen molar-refractivity contribution < 1.29 is 4.39 Å². The average molecular weight is 272 g/mol. The third-order valence-corrected chi connectivity index (χ3v) is 3.36. The Labute approximate surface area is 120 Å². The monoisotopic (exact) mass is 272 g/mol. The van der Waals surface area contributed by atoms with Gasteiger partial charge in [0.1, 0.15) is 5.82 Å². The van der Waals surface area contributed by atoms with E-state index in [1.807, 2.05) is 38.1 Å². The van der Waals surface area contributed by atoms with Gasteiger partial charge in [0.25, 0.3) is 0 Å². The topological polar surface area (TPSA) is 24.9 Å². The Balaban J connectivity index is 2.44. The number of rotatable bonds is 5. The molecule has 3 heteroatoms. The van der Waals surface area contributed by atoms with E-state index in [-0.39, 0.29) is 11.9 Å². The van der Waals surface area contributed by atoms with Crippen LogP contribution in [0.2, 0.25) is 0 Å². The second-order valence-corrected chi connectivity index (χ2v) is 5.09. The van der Waals surface area contributed by atoms with Crippen LogP contribution in [0.5, 0.6) is 0 Å². The van der Waals surface area contributed by atoms with Gasteiger partial charge in [-0.2, -0.15) is 0 Å². The Morgan fingerprint density at radius 3 is 2.70 bits per heavy atom. The van der Waals surface area contributed by atoms with Gasteiger partial charge in [0.2, 0.25) is 0 Å². The Kier molecular flexibility index (Phi) is 4.85. The first-order chi connectivity index (χ1) is 9.61. The quantitative estimate of drug-likeness (QED) is 0.892. The van der Waals surface area contributed by atoms with E-state index in [0.717, 1.165) is 35.5 Å². The molecule has 106 valence electrons. The predicted molar refractivity (Wildman–Crippen MR) is 80.2 cm³/mol. The number of benzene rings is 1. The zero-order valence-electron chi connectivity index (χ0n) is 12.3. The summed E-state index contributed by atoms with van der Waals surface area (Å²) in [6, 6.07) is 10.8. The van der Waals surface area contributed by atoms with Gasteiger partial charge in [-0.1, -0.05) is 19.1 Å². The smallest absolute Gasteiger partial charge is 0.123 e. The number of nitrogens with one attached hydrogen (secondary N) is 1. The van der Waals surface area contributed by atoms with Crippen molar-refractivity contribution in [2.24, 2.45) is 0 Å². The lowest BCUT2D eigenvalue weighted by Gasteiger charge is -2.21. The molecular weight excluding hydrogens is 251 g/mol. The first kappa shape index (κ1) is 14.7. The molecule has 0 spiro atoms. The molecule has 0 aliphatic heterocycles. The molecular formula is C17H21FN2. The van der Waals surface area contributed by atoms with E-state index < -0.39 is 0 Å². The third kappa shape index (κ3) is 3.42. The maximum atomic E-state index is 13.6. The van der Waals surface area contributed by atoms with E-state index in [2.05, 4.69) is 17.2 Å². The van der Waals surface area contributed by atoms with Crippen LogP contribution >= 0.6 is 0 Å². The van der Waals surface area contributed by atoms with Crippen molar-refractivity contribution in [2.75, 3.05) is 6.54 Å². The number of aromatic nitrogens is 1. The number of pyridine rings is 1. The SMILES string of the molecule is CCCNC(c1cccc(C)n1)c1cc(F)ccc1C. The molecule has 0 radical (unpaired) electrons. The van der Waals surface area contributed by atoms with E-state index in [9.17, 15) is 4.39 Å². The summed E-state index contributed by atoms with van der Waals surface area (Å²) in [5, 5.41) is 3.47. The summed E-state index contributed by atoms with van der Waals surface area (Å²) >= 11 is 0. The van der Waals surface area contributed by atoms with Gasteiger partial charge >= 0.3 is 0 Å². The van der Waals surface area contributed by atoms with Crippen LogP contribution in [-0.4, -0.2) is 11.5 Å². The van der Waals surface area contributed by atoms with Gasteiger partial charge in [-0.15, -0.1) is 0 Å². The Bertz CT molecular complexity index is 581. The van der Waals surface area contributed by atoms with Gasteiger partial charge in [-0.3, -0.25) is 4.98 Å². The highest BCUT2D eigenvalue weighted by Crippen LogP contribution is 2.24. The lowest BCUT2D eigenvalue weighted by molar-refractivity contribution is 0.572. The van der Waals surface area contributed by atoms with E-state index in [0.29, 0.717) is 0 Å². The fourth-order valence-electron chi connectivity index (χ4n) is 2.31. The Morgan fingerprint density at radius 2 is 2.00 bits per heavy atom. The number of halogens is 1. The molecule has 0 bridgehead atoms. The van der Waals surface area contributed by atoms with Crippen LogP contribution in [0, 0.1) is 19.7 Å². The minimum atomic E-state index is -0.207. The highest BCUT2D eigenvalue weighted by Gasteiger charge is 2.17. The zero-order valence-corrected chi connectivity index (χ0v) is 12.3. The van der Waals surface area contributed by atoms with Crippen molar-refractivity contribution in [2.45, 2.75) is 33.2 Å². The fraction of sp³-hybridized carbons (Fsp3) is 0.353. The van der Waals surface area contributed by atoms with Crippen LogP contribution in [0.15, 0.2) is 36.4 Å². The second-order valence-electron chi connectivity index (χ2n) is 5.09. The summed E-state index contributed by atoms with van der Waals surface area (Å²) in [5.74, 6) is -0.207. The molecule has 2 nitrogen and oxygen atoms in total. The molecule has 1 aromatic heterocycles. The van der Waals surface area contributed by atoms with Crippen LogP contribution in [0.25, 0.3) is 0 Å². The summed E-state index contributed by atoms with van der Waals surface area (Å²) in [6.45, 7) is 6.96. The van der Waals surface area contributed by atoms with Gasteiger partial charge < -0.3 is 5.32 Å². The molecule has 0 amide bonds. The van der Waals surface area contributed by atoms with Crippen molar-refractivity contribution >= 4 is 0 Å². The highest BCUT2D eigenvalue weighted by molar-refractivity contribution is 5.35. The predicted octanol–water partition coefficient (Wildman–Crippen LogP) is 3.93. The maximum Gasteiger partial charge on any atom is 0.123 e. The van der Waals surface area contributed by atoms with Crippen LogP contribution in [0.1, 0.15) is 41.9 Å². The zero-order chi connectivity index (χ0) is 14.5. The van der Waals surface area contributed by atoms with E-state index in [1.165, 1.54) is 6.07 Å². The molecule has 0 aliphatic rings. The summed E-state index contributed by atoms with van der Waals surface area (Å²) in [6.07, 6.45) is 1.02. The molecule has 0 aliphatic carbocycles. The van der Waals surface area contributed by atoms with Gasteiger partial charge in [-0.25, -0.2) is 4.39 Å². The molecule has 1 unspecified atom stereocenters. The van der Waals surface area contributed by atoms with Gasteiger partial charge in [-0.05, 0) is 62.2 Å². The van der Waals surface area contributed by atoms with E-state index >= 15 is 0 Å². The molecule has 0 fully saturated rings. The lowest BCUT2D eigenvalue weighted by atomic mass is 9.97. The molecule has 1 atom stereocenters.